The molecule has 19 heavy (non-hydrogen) atoms. The third kappa shape index (κ3) is 3.08. The van der Waals surface area contributed by atoms with Crippen molar-refractivity contribution in [1.82, 2.24) is 15.5 Å². The number of aryl methyl sites for hydroxylation is 1. The Hall–Kier alpha value is -1.95. The van der Waals surface area contributed by atoms with Crippen molar-refractivity contribution in [1.29, 1.82) is 0 Å². The Morgan fingerprint density at radius 2 is 2.37 bits per heavy atom. The third-order valence-corrected chi connectivity index (χ3v) is 2.94. The fourth-order valence-electron chi connectivity index (χ4n) is 1.85. The second-order valence-corrected chi connectivity index (χ2v) is 4.59. The summed E-state index contributed by atoms with van der Waals surface area (Å²) in [4.78, 5) is 16.1. The molecule has 0 aliphatic heterocycles. The van der Waals surface area contributed by atoms with Gasteiger partial charge in [-0.15, -0.1) is 0 Å². The number of aliphatic hydroxyl groups excluding tert-OH is 1. The Morgan fingerprint density at radius 3 is 3.11 bits per heavy atom. The van der Waals surface area contributed by atoms with Gasteiger partial charge in [-0.1, -0.05) is 5.16 Å². The van der Waals surface area contributed by atoms with E-state index in [0.29, 0.717) is 23.4 Å². The van der Waals surface area contributed by atoms with Gasteiger partial charge in [-0.3, -0.25) is 4.79 Å². The lowest BCUT2D eigenvalue weighted by Gasteiger charge is -2.12. The molecule has 0 aliphatic carbocycles. The second-order valence-electron chi connectivity index (χ2n) is 4.59. The van der Waals surface area contributed by atoms with Gasteiger partial charge < -0.3 is 14.9 Å². The molecule has 0 spiro atoms. The van der Waals surface area contributed by atoms with Gasteiger partial charge in [0.25, 0.3) is 11.6 Å². The summed E-state index contributed by atoms with van der Waals surface area (Å²) in [6.45, 7) is 3.84. The van der Waals surface area contributed by atoms with Gasteiger partial charge in [-0.05, 0) is 32.8 Å². The molecule has 2 N–H and O–H groups in total. The predicted molar refractivity (Wildman–Crippen MR) is 69.8 cm³/mol. The number of nitrogens with zero attached hydrogens (tertiary/aromatic N) is 2. The maximum atomic E-state index is 12.0. The van der Waals surface area contributed by atoms with Crippen molar-refractivity contribution in [2.24, 2.45) is 0 Å². The summed E-state index contributed by atoms with van der Waals surface area (Å²) in [7, 11) is 0. The third-order valence-electron chi connectivity index (χ3n) is 2.94. The maximum Gasteiger partial charge on any atom is 0.257 e. The first-order valence-corrected chi connectivity index (χ1v) is 6.25. The number of hydrogen-bond donors (Lipinski definition) is 2. The summed E-state index contributed by atoms with van der Waals surface area (Å²) in [6.07, 6.45) is 2.88. The highest BCUT2D eigenvalue weighted by molar-refractivity contribution is 5.97. The van der Waals surface area contributed by atoms with Crippen LogP contribution in [-0.2, 0) is 0 Å². The summed E-state index contributed by atoms with van der Waals surface area (Å²) in [5.74, 6) is -0.180. The maximum absolute atomic E-state index is 12.0. The lowest BCUT2D eigenvalue weighted by molar-refractivity contribution is 0.0936. The number of carbonyl (C=O) groups excluding carboxylic acids is 1. The molecule has 0 aromatic carbocycles. The summed E-state index contributed by atoms with van der Waals surface area (Å²) in [6, 6.07) is 1.74. The van der Waals surface area contributed by atoms with E-state index >= 15 is 0 Å². The van der Waals surface area contributed by atoms with E-state index in [1.54, 1.807) is 13.0 Å². The molecule has 1 atom stereocenters. The van der Waals surface area contributed by atoms with Crippen molar-refractivity contribution in [3.63, 3.8) is 0 Å². The highest BCUT2D eigenvalue weighted by Crippen LogP contribution is 2.16. The van der Waals surface area contributed by atoms with E-state index in [2.05, 4.69) is 15.5 Å². The van der Waals surface area contributed by atoms with E-state index in [-0.39, 0.29) is 18.6 Å². The molecule has 2 heterocycles. The van der Waals surface area contributed by atoms with Gasteiger partial charge in [0.05, 0.1) is 16.6 Å². The van der Waals surface area contributed by atoms with E-state index < -0.39 is 0 Å². The molecule has 0 saturated carbocycles. The second kappa shape index (κ2) is 5.79. The molecule has 1 amide bonds. The molecule has 1 unspecified atom stereocenters. The van der Waals surface area contributed by atoms with Gasteiger partial charge in [0.15, 0.2) is 0 Å². The van der Waals surface area contributed by atoms with Crippen molar-refractivity contribution in [3.8, 4) is 0 Å². The van der Waals surface area contributed by atoms with Crippen molar-refractivity contribution in [3.05, 3.63) is 23.5 Å². The van der Waals surface area contributed by atoms with Crippen LogP contribution in [0.3, 0.4) is 0 Å². The molecular weight excluding hydrogens is 246 g/mol. The van der Waals surface area contributed by atoms with E-state index in [1.807, 2.05) is 6.92 Å². The zero-order chi connectivity index (χ0) is 13.8. The number of amides is 1. The topological polar surface area (TPSA) is 88.2 Å². The first kappa shape index (κ1) is 13.5. The fraction of sp³-hybridized carbons (Fsp3) is 0.462. The van der Waals surface area contributed by atoms with Gasteiger partial charge >= 0.3 is 0 Å². The predicted octanol–water partition coefficient (Wildman–Crippen LogP) is 1.42. The first-order valence-electron chi connectivity index (χ1n) is 6.25. The van der Waals surface area contributed by atoms with E-state index in [0.717, 1.165) is 11.8 Å². The van der Waals surface area contributed by atoms with Crippen LogP contribution >= 0.6 is 0 Å². The van der Waals surface area contributed by atoms with Crippen LogP contribution in [-0.4, -0.2) is 33.8 Å². The highest BCUT2D eigenvalue weighted by atomic mass is 16.5. The fourth-order valence-corrected chi connectivity index (χ4v) is 1.85. The van der Waals surface area contributed by atoms with Crippen LogP contribution in [0.2, 0.25) is 0 Å². The standard InChI is InChI=1S/C13H17N3O3/c1-8(4-3-5-17)15-12(18)10-6-11-9(2)16-19-13(11)14-7-10/h6-8,17H,3-5H2,1-2H3,(H,15,18). The average Bonchev–Trinajstić information content (AvgIpc) is 2.77. The van der Waals surface area contributed by atoms with Gasteiger partial charge in [0, 0.05) is 18.8 Å². The number of nitrogens with one attached hydrogen (secondary N) is 1. The Morgan fingerprint density at radius 1 is 1.58 bits per heavy atom. The van der Waals surface area contributed by atoms with Crippen molar-refractivity contribution in [2.75, 3.05) is 6.61 Å². The molecule has 0 saturated heterocycles. The van der Waals surface area contributed by atoms with Crippen LogP contribution in [0.4, 0.5) is 0 Å². The molecule has 2 aromatic rings. The SMILES string of the molecule is Cc1noc2ncc(C(=O)NC(C)CCCO)cc12. The van der Waals surface area contributed by atoms with Gasteiger partial charge in [0.1, 0.15) is 0 Å². The molecule has 2 aromatic heterocycles. The molecule has 6 heteroatoms. The number of pyridine rings is 1. The first-order chi connectivity index (χ1) is 9.11. The monoisotopic (exact) mass is 263 g/mol. The van der Waals surface area contributed by atoms with Crippen LogP contribution in [0.15, 0.2) is 16.8 Å². The number of carbonyl (C=O) groups is 1. The summed E-state index contributed by atoms with van der Waals surface area (Å²) in [5, 5.41) is 16.2. The minimum atomic E-state index is -0.180. The lowest BCUT2D eigenvalue weighted by Crippen LogP contribution is -2.32. The molecule has 102 valence electrons. The van der Waals surface area contributed by atoms with E-state index in [1.165, 1.54) is 6.20 Å². The zero-order valence-electron chi connectivity index (χ0n) is 11.0. The van der Waals surface area contributed by atoms with Crippen molar-refractivity contribution >= 4 is 17.0 Å². The molecule has 0 radical (unpaired) electrons. The molecule has 6 nitrogen and oxygen atoms in total. The zero-order valence-corrected chi connectivity index (χ0v) is 11.0. The largest absolute Gasteiger partial charge is 0.396 e. The highest BCUT2D eigenvalue weighted by Gasteiger charge is 2.13. The summed E-state index contributed by atoms with van der Waals surface area (Å²) in [5.41, 5.74) is 1.63. The Bertz CT molecular complexity index is 580. The molecular formula is C13H17N3O3. The van der Waals surface area contributed by atoms with Gasteiger partial charge in [0.2, 0.25) is 0 Å². The molecule has 0 aliphatic rings. The quantitative estimate of drug-likeness (QED) is 0.851. The molecule has 0 bridgehead atoms. The smallest absolute Gasteiger partial charge is 0.257 e. The van der Waals surface area contributed by atoms with Crippen LogP contribution in [0, 0.1) is 6.92 Å². The lowest BCUT2D eigenvalue weighted by atomic mass is 10.1. The average molecular weight is 263 g/mol. The number of fused-ring (bicyclic) bond motifs is 1. The number of rotatable bonds is 5. The van der Waals surface area contributed by atoms with Crippen LogP contribution < -0.4 is 5.32 Å². The van der Waals surface area contributed by atoms with E-state index in [4.69, 9.17) is 9.63 Å². The van der Waals surface area contributed by atoms with Crippen molar-refractivity contribution < 1.29 is 14.4 Å². The van der Waals surface area contributed by atoms with E-state index in [9.17, 15) is 4.79 Å². The Labute approximate surface area is 110 Å². The van der Waals surface area contributed by atoms with Gasteiger partial charge in [-0.2, -0.15) is 0 Å². The molecule has 2 rings (SSSR count). The Balaban J connectivity index is 2.10. The van der Waals surface area contributed by atoms with Crippen LogP contribution in [0.5, 0.6) is 0 Å². The van der Waals surface area contributed by atoms with Crippen molar-refractivity contribution in [2.45, 2.75) is 32.7 Å². The molecule has 0 fully saturated rings. The normalized spacial score (nSPS) is 12.6. The Kier molecular flexibility index (Phi) is 4.11. The number of aliphatic hydroxyl groups is 1. The van der Waals surface area contributed by atoms with Gasteiger partial charge in [-0.25, -0.2) is 4.98 Å². The summed E-state index contributed by atoms with van der Waals surface area (Å²) >= 11 is 0. The van der Waals surface area contributed by atoms with Crippen LogP contribution in [0.25, 0.3) is 11.1 Å². The number of hydrogen-bond acceptors (Lipinski definition) is 5. The summed E-state index contributed by atoms with van der Waals surface area (Å²) < 4.78 is 5.00. The van der Waals surface area contributed by atoms with Crippen LogP contribution in [0.1, 0.15) is 35.8 Å². The number of aromatic nitrogens is 2. The minimum absolute atomic E-state index is 0.0129. The minimum Gasteiger partial charge on any atom is -0.396 e.